The number of carbonyl (C=O) groups excluding carboxylic acids is 1. The van der Waals surface area contributed by atoms with E-state index >= 15 is 0 Å². The molecule has 1 unspecified atom stereocenters. The molecule has 0 radical (unpaired) electrons. The van der Waals surface area contributed by atoms with Gasteiger partial charge < -0.3 is 15.7 Å². The zero-order chi connectivity index (χ0) is 14.4. The Morgan fingerprint density at radius 2 is 2.05 bits per heavy atom. The third-order valence-corrected chi connectivity index (χ3v) is 5.27. The Balaban J connectivity index is 1.89. The minimum absolute atomic E-state index is 0.00634. The van der Waals surface area contributed by atoms with Gasteiger partial charge in [0.2, 0.25) is 5.91 Å². The van der Waals surface area contributed by atoms with Crippen LogP contribution in [0.5, 0.6) is 0 Å². The highest BCUT2D eigenvalue weighted by Gasteiger charge is 2.36. The number of carboxylic acid groups (broad SMARTS) is 1. The lowest BCUT2D eigenvalue weighted by Crippen LogP contribution is -2.52. The number of amides is 1. The summed E-state index contributed by atoms with van der Waals surface area (Å²) in [7, 11) is 0. The van der Waals surface area contributed by atoms with E-state index < -0.39 is 11.5 Å². The third-order valence-electron chi connectivity index (χ3n) is 4.14. The molecule has 1 atom stereocenters. The molecule has 0 spiro atoms. The summed E-state index contributed by atoms with van der Waals surface area (Å²) in [5.41, 5.74) is -0.511. The summed E-state index contributed by atoms with van der Waals surface area (Å²) in [5.74, 6) is 1.23. The molecule has 2 fully saturated rings. The van der Waals surface area contributed by atoms with Gasteiger partial charge in [0.25, 0.3) is 0 Å². The van der Waals surface area contributed by atoms with Crippen molar-refractivity contribution in [2.24, 2.45) is 0 Å². The van der Waals surface area contributed by atoms with Gasteiger partial charge >= 0.3 is 5.97 Å². The number of aliphatic carboxylic acids is 1. The van der Waals surface area contributed by atoms with Gasteiger partial charge in [0.15, 0.2) is 0 Å². The molecule has 114 valence electrons. The molecular formula is C14H24N2O3S. The summed E-state index contributed by atoms with van der Waals surface area (Å²) in [6.45, 7) is 0.947. The number of carbonyl (C=O) groups is 2. The van der Waals surface area contributed by atoms with E-state index in [9.17, 15) is 9.59 Å². The number of hydrogen-bond donors (Lipinski definition) is 3. The SMILES string of the molecule is O=C(O)CC1(NC(=O)CC2CSCCN2)CCCCC1. The minimum atomic E-state index is -0.821. The van der Waals surface area contributed by atoms with Crippen molar-refractivity contribution in [2.45, 2.75) is 56.5 Å². The van der Waals surface area contributed by atoms with Crippen molar-refractivity contribution in [1.82, 2.24) is 10.6 Å². The van der Waals surface area contributed by atoms with Gasteiger partial charge in [-0.1, -0.05) is 19.3 Å². The Bertz CT molecular complexity index is 350. The first-order valence-corrected chi connectivity index (χ1v) is 8.59. The molecule has 1 aliphatic carbocycles. The van der Waals surface area contributed by atoms with Gasteiger partial charge in [-0.15, -0.1) is 0 Å². The molecule has 6 heteroatoms. The van der Waals surface area contributed by atoms with Crippen LogP contribution in [0.4, 0.5) is 0 Å². The molecule has 2 rings (SSSR count). The maximum atomic E-state index is 12.2. The molecule has 1 heterocycles. The lowest BCUT2D eigenvalue weighted by molar-refractivity contribution is -0.139. The van der Waals surface area contributed by atoms with E-state index in [-0.39, 0.29) is 18.4 Å². The van der Waals surface area contributed by atoms with E-state index in [4.69, 9.17) is 5.11 Å². The first-order chi connectivity index (χ1) is 9.60. The van der Waals surface area contributed by atoms with Crippen molar-refractivity contribution in [3.63, 3.8) is 0 Å². The lowest BCUT2D eigenvalue weighted by Gasteiger charge is -2.37. The highest BCUT2D eigenvalue weighted by molar-refractivity contribution is 7.99. The average Bonchev–Trinajstić information content (AvgIpc) is 2.39. The first-order valence-electron chi connectivity index (χ1n) is 7.44. The van der Waals surface area contributed by atoms with Crippen LogP contribution in [-0.4, -0.2) is 46.6 Å². The van der Waals surface area contributed by atoms with Crippen LogP contribution < -0.4 is 10.6 Å². The fourth-order valence-electron chi connectivity index (χ4n) is 3.19. The third kappa shape index (κ3) is 4.66. The van der Waals surface area contributed by atoms with Gasteiger partial charge in [-0.2, -0.15) is 11.8 Å². The normalized spacial score (nSPS) is 25.9. The molecule has 2 aliphatic rings. The zero-order valence-corrected chi connectivity index (χ0v) is 12.6. The van der Waals surface area contributed by atoms with Gasteiger partial charge in [-0.25, -0.2) is 0 Å². The Labute approximate surface area is 124 Å². The van der Waals surface area contributed by atoms with Crippen LogP contribution in [0.25, 0.3) is 0 Å². The Kier molecular flexibility index (Phi) is 5.72. The molecule has 0 aromatic heterocycles. The summed E-state index contributed by atoms with van der Waals surface area (Å²) in [6.07, 6.45) is 5.23. The molecule has 0 aromatic rings. The summed E-state index contributed by atoms with van der Waals surface area (Å²) in [5, 5.41) is 15.5. The molecule has 1 saturated heterocycles. The van der Waals surface area contributed by atoms with E-state index in [0.717, 1.165) is 50.2 Å². The quantitative estimate of drug-likeness (QED) is 0.715. The van der Waals surface area contributed by atoms with Crippen LogP contribution in [0, 0.1) is 0 Å². The van der Waals surface area contributed by atoms with Gasteiger partial charge in [0.1, 0.15) is 0 Å². The van der Waals surface area contributed by atoms with Crippen molar-refractivity contribution >= 4 is 23.6 Å². The van der Waals surface area contributed by atoms with E-state index in [1.807, 2.05) is 11.8 Å². The number of hydrogen-bond acceptors (Lipinski definition) is 4. The fraction of sp³-hybridized carbons (Fsp3) is 0.857. The molecule has 3 N–H and O–H groups in total. The molecule has 5 nitrogen and oxygen atoms in total. The number of carboxylic acids is 1. The molecule has 1 aliphatic heterocycles. The largest absolute Gasteiger partial charge is 0.481 e. The Hall–Kier alpha value is -0.750. The molecule has 1 saturated carbocycles. The van der Waals surface area contributed by atoms with Crippen LogP contribution in [0.15, 0.2) is 0 Å². The van der Waals surface area contributed by atoms with Gasteiger partial charge in [0.05, 0.1) is 12.0 Å². The summed E-state index contributed by atoms with van der Waals surface area (Å²) in [4.78, 5) is 23.3. The van der Waals surface area contributed by atoms with Crippen molar-refractivity contribution in [2.75, 3.05) is 18.1 Å². The van der Waals surface area contributed by atoms with E-state index in [1.165, 1.54) is 0 Å². The fourth-order valence-corrected chi connectivity index (χ4v) is 4.13. The molecule has 1 amide bonds. The number of rotatable bonds is 5. The standard InChI is InChI=1S/C14H24N2O3S/c17-12(8-11-10-20-7-6-15-11)16-14(9-13(18)19)4-2-1-3-5-14/h11,15H,1-10H2,(H,16,17)(H,18,19). The predicted octanol–water partition coefficient (Wildman–Crippen LogP) is 1.38. The van der Waals surface area contributed by atoms with Crippen molar-refractivity contribution in [3.8, 4) is 0 Å². The Morgan fingerprint density at radius 3 is 2.65 bits per heavy atom. The first kappa shape index (κ1) is 15.6. The zero-order valence-electron chi connectivity index (χ0n) is 11.8. The highest BCUT2D eigenvalue weighted by Crippen LogP contribution is 2.31. The van der Waals surface area contributed by atoms with Gasteiger partial charge in [-0.3, -0.25) is 9.59 Å². The second-order valence-electron chi connectivity index (χ2n) is 5.89. The van der Waals surface area contributed by atoms with Crippen LogP contribution in [0.1, 0.15) is 44.9 Å². The average molecular weight is 300 g/mol. The molecule has 20 heavy (non-hydrogen) atoms. The van der Waals surface area contributed by atoms with Gasteiger partial charge in [0, 0.05) is 30.5 Å². The second kappa shape index (κ2) is 7.31. The van der Waals surface area contributed by atoms with E-state index in [2.05, 4.69) is 10.6 Å². The molecule has 0 aromatic carbocycles. The maximum absolute atomic E-state index is 12.2. The second-order valence-corrected chi connectivity index (χ2v) is 7.04. The smallest absolute Gasteiger partial charge is 0.305 e. The summed E-state index contributed by atoms with van der Waals surface area (Å²) < 4.78 is 0. The van der Waals surface area contributed by atoms with Crippen LogP contribution >= 0.6 is 11.8 Å². The van der Waals surface area contributed by atoms with E-state index in [0.29, 0.717) is 6.42 Å². The van der Waals surface area contributed by atoms with Crippen LogP contribution in [0.3, 0.4) is 0 Å². The van der Waals surface area contributed by atoms with Crippen LogP contribution in [0.2, 0.25) is 0 Å². The maximum Gasteiger partial charge on any atom is 0.305 e. The summed E-state index contributed by atoms with van der Waals surface area (Å²) in [6, 6.07) is 0.221. The van der Waals surface area contributed by atoms with Crippen molar-refractivity contribution in [1.29, 1.82) is 0 Å². The lowest BCUT2D eigenvalue weighted by atomic mass is 9.79. The molecular weight excluding hydrogens is 276 g/mol. The minimum Gasteiger partial charge on any atom is -0.481 e. The van der Waals surface area contributed by atoms with Gasteiger partial charge in [-0.05, 0) is 12.8 Å². The van der Waals surface area contributed by atoms with Crippen LogP contribution in [-0.2, 0) is 9.59 Å². The van der Waals surface area contributed by atoms with E-state index in [1.54, 1.807) is 0 Å². The molecule has 0 bridgehead atoms. The topological polar surface area (TPSA) is 78.4 Å². The summed E-state index contributed by atoms with van der Waals surface area (Å²) >= 11 is 1.86. The van der Waals surface area contributed by atoms with Crippen molar-refractivity contribution < 1.29 is 14.7 Å². The Morgan fingerprint density at radius 1 is 1.30 bits per heavy atom. The number of thioether (sulfide) groups is 1. The monoisotopic (exact) mass is 300 g/mol. The highest BCUT2D eigenvalue weighted by atomic mass is 32.2. The number of nitrogens with one attached hydrogen (secondary N) is 2. The predicted molar refractivity (Wildman–Crippen MR) is 79.9 cm³/mol. The van der Waals surface area contributed by atoms with Crippen molar-refractivity contribution in [3.05, 3.63) is 0 Å².